The van der Waals surface area contributed by atoms with Crippen LogP contribution < -0.4 is 4.74 Å². The molecule has 4 aliphatic carbocycles. The molecule has 2 aromatic rings. The number of carbonyl (C=O) groups excluding carboxylic acids is 3. The normalized spacial score (nSPS) is 34.8. The van der Waals surface area contributed by atoms with Gasteiger partial charge in [-0.3, -0.25) is 4.79 Å². The number of carbonyl (C=O) groups is 3. The van der Waals surface area contributed by atoms with E-state index in [0.29, 0.717) is 30.6 Å². The zero-order valence-electron chi connectivity index (χ0n) is 25.0. The predicted molar refractivity (Wildman–Crippen MR) is 158 cm³/mol. The van der Waals surface area contributed by atoms with Crippen LogP contribution in [0.5, 0.6) is 17.2 Å². The number of ether oxygens (including phenoxy) is 3. The van der Waals surface area contributed by atoms with Gasteiger partial charge in [-0.15, -0.1) is 0 Å². The van der Waals surface area contributed by atoms with Gasteiger partial charge in [0.05, 0.1) is 11.7 Å². The number of rotatable bonds is 6. The number of hydrogen-bond donors (Lipinski definition) is 2. The Labute approximate surface area is 259 Å². The molecule has 6 rings (SSSR count). The van der Waals surface area contributed by atoms with E-state index in [0.717, 1.165) is 0 Å². The van der Waals surface area contributed by atoms with Crippen LogP contribution in [0.15, 0.2) is 72.3 Å². The Morgan fingerprint density at radius 3 is 2.58 bits per heavy atom. The van der Waals surface area contributed by atoms with Crippen LogP contribution >= 0.6 is 0 Å². The molecule has 7 unspecified atom stereocenters. The number of nitriles is 1. The zero-order valence-corrected chi connectivity index (χ0v) is 25.0. The molecule has 10 heteroatoms. The summed E-state index contributed by atoms with van der Waals surface area (Å²) < 4.78 is 34.6. The molecule has 2 aromatic carbocycles. The highest BCUT2D eigenvalue weighted by Crippen LogP contribution is 2.70. The van der Waals surface area contributed by atoms with Gasteiger partial charge in [-0.05, 0) is 87.4 Å². The van der Waals surface area contributed by atoms with Crippen LogP contribution in [0.1, 0.15) is 56.3 Å². The lowest BCUT2D eigenvalue weighted by molar-refractivity contribution is -0.224. The fourth-order valence-corrected chi connectivity index (χ4v) is 8.52. The molecule has 45 heavy (non-hydrogen) atoms. The molecule has 0 aliphatic heterocycles. The molecule has 3 fully saturated rings. The minimum atomic E-state index is -2.14. The Hall–Kier alpha value is -4.49. The van der Waals surface area contributed by atoms with E-state index in [-0.39, 0.29) is 35.7 Å². The average molecular weight is 616 g/mol. The van der Waals surface area contributed by atoms with Crippen molar-refractivity contribution < 1.29 is 43.2 Å². The number of phenols is 1. The monoisotopic (exact) mass is 615 g/mol. The Kier molecular flexibility index (Phi) is 7.36. The van der Waals surface area contributed by atoms with Gasteiger partial charge in [-0.1, -0.05) is 36.8 Å². The quantitative estimate of drug-likeness (QED) is 0.402. The van der Waals surface area contributed by atoms with Crippen molar-refractivity contribution in [1.29, 1.82) is 5.26 Å². The lowest BCUT2D eigenvalue weighted by atomic mass is 9.45. The van der Waals surface area contributed by atoms with Crippen molar-refractivity contribution in [2.24, 2.45) is 22.7 Å². The number of halogens is 1. The number of ketones is 1. The molecule has 9 nitrogen and oxygen atoms in total. The average Bonchev–Trinajstić information content (AvgIpc) is 3.30. The van der Waals surface area contributed by atoms with Crippen molar-refractivity contribution in [3.63, 3.8) is 0 Å². The highest BCUT2D eigenvalue weighted by atomic mass is 19.1. The van der Waals surface area contributed by atoms with Crippen molar-refractivity contribution in [3.05, 3.63) is 77.9 Å². The van der Waals surface area contributed by atoms with Crippen molar-refractivity contribution in [3.8, 4) is 23.3 Å². The molecule has 0 spiro atoms. The third kappa shape index (κ3) is 4.47. The van der Waals surface area contributed by atoms with E-state index in [1.807, 2.05) is 6.07 Å². The number of benzene rings is 2. The lowest BCUT2D eigenvalue weighted by Gasteiger charge is -2.62. The summed E-state index contributed by atoms with van der Waals surface area (Å²) in [5.74, 6) is -3.10. The maximum Gasteiger partial charge on any atom is 0.352 e. The van der Waals surface area contributed by atoms with E-state index in [1.54, 1.807) is 50.3 Å². The summed E-state index contributed by atoms with van der Waals surface area (Å²) in [4.78, 5) is 39.6. The molecule has 0 amide bonds. The van der Waals surface area contributed by atoms with E-state index in [9.17, 15) is 24.6 Å². The first kappa shape index (κ1) is 30.5. The van der Waals surface area contributed by atoms with Crippen LogP contribution in [0.25, 0.3) is 0 Å². The van der Waals surface area contributed by atoms with Gasteiger partial charge in [0.15, 0.2) is 29.6 Å². The molecule has 0 radical (unpaired) electrons. The molecular formula is C35H34FNO8. The minimum Gasteiger partial charge on any atom is -0.504 e. The van der Waals surface area contributed by atoms with Gasteiger partial charge in [-0.2, -0.15) is 5.26 Å². The SMILES string of the molecule is CC12C=CC(=O)C=C1CCC1C3CCC(OC(=O)c4ccc(Oc5ccccc5)c(O)c4)(C(=O)OCC#N)C3(C)CC(O)C12F. The number of para-hydroxylation sites is 1. The number of nitrogens with zero attached hydrogens (tertiary/aromatic N) is 1. The molecule has 3 saturated carbocycles. The summed E-state index contributed by atoms with van der Waals surface area (Å²) in [5.41, 5.74) is -6.03. The number of phenolic OH excluding ortho intramolecular Hbond substituents is 1. The molecule has 2 N–H and O–H groups in total. The molecule has 0 bridgehead atoms. The molecule has 0 saturated heterocycles. The topological polar surface area (TPSA) is 143 Å². The fraction of sp³-hybridized carbons (Fsp3) is 0.429. The maximum absolute atomic E-state index is 17.5. The predicted octanol–water partition coefficient (Wildman–Crippen LogP) is 5.52. The number of aliphatic hydroxyl groups excluding tert-OH is 1. The van der Waals surface area contributed by atoms with Gasteiger partial charge in [0.2, 0.25) is 5.60 Å². The van der Waals surface area contributed by atoms with Gasteiger partial charge >= 0.3 is 11.9 Å². The molecule has 4 aliphatic rings. The first-order valence-corrected chi connectivity index (χ1v) is 15.0. The van der Waals surface area contributed by atoms with E-state index in [4.69, 9.17) is 19.5 Å². The van der Waals surface area contributed by atoms with E-state index >= 15 is 4.39 Å². The Morgan fingerprint density at radius 2 is 1.87 bits per heavy atom. The number of aliphatic hydroxyl groups is 1. The van der Waals surface area contributed by atoms with Crippen LogP contribution in [-0.4, -0.2) is 51.9 Å². The van der Waals surface area contributed by atoms with Crippen molar-refractivity contribution >= 4 is 17.7 Å². The number of aromatic hydroxyl groups is 1. The van der Waals surface area contributed by atoms with Crippen molar-refractivity contribution in [2.75, 3.05) is 6.61 Å². The van der Waals surface area contributed by atoms with Gasteiger partial charge < -0.3 is 24.4 Å². The van der Waals surface area contributed by atoms with Crippen LogP contribution in [0.2, 0.25) is 0 Å². The van der Waals surface area contributed by atoms with E-state index in [1.165, 1.54) is 30.4 Å². The van der Waals surface area contributed by atoms with Crippen LogP contribution in [-0.2, 0) is 19.1 Å². The second kappa shape index (κ2) is 10.8. The second-order valence-electron chi connectivity index (χ2n) is 12.9. The smallest absolute Gasteiger partial charge is 0.352 e. The number of allylic oxidation sites excluding steroid dienone is 4. The summed E-state index contributed by atoms with van der Waals surface area (Å²) >= 11 is 0. The molecule has 234 valence electrons. The fourth-order valence-electron chi connectivity index (χ4n) is 8.52. The summed E-state index contributed by atoms with van der Waals surface area (Å²) in [6, 6.07) is 14.5. The van der Waals surface area contributed by atoms with Gasteiger partial charge in [-0.25, -0.2) is 14.0 Å². The van der Waals surface area contributed by atoms with Crippen LogP contribution in [0.3, 0.4) is 0 Å². The molecular weight excluding hydrogens is 581 g/mol. The Morgan fingerprint density at radius 1 is 1.11 bits per heavy atom. The number of alkyl halides is 1. The van der Waals surface area contributed by atoms with E-state index in [2.05, 4.69) is 0 Å². The lowest BCUT2D eigenvalue weighted by Crippen LogP contribution is -2.69. The number of esters is 2. The number of hydrogen-bond acceptors (Lipinski definition) is 9. The first-order valence-electron chi connectivity index (χ1n) is 15.0. The second-order valence-corrected chi connectivity index (χ2v) is 12.9. The van der Waals surface area contributed by atoms with E-state index < -0.39 is 58.6 Å². The van der Waals surface area contributed by atoms with Crippen molar-refractivity contribution in [1.82, 2.24) is 0 Å². The third-order valence-electron chi connectivity index (χ3n) is 10.8. The highest BCUT2D eigenvalue weighted by molar-refractivity contribution is 6.01. The molecule has 7 atom stereocenters. The summed E-state index contributed by atoms with van der Waals surface area (Å²) in [7, 11) is 0. The van der Waals surface area contributed by atoms with Crippen LogP contribution in [0, 0.1) is 34.0 Å². The van der Waals surface area contributed by atoms with Gasteiger partial charge in [0, 0.05) is 16.7 Å². The molecule has 0 aromatic heterocycles. The largest absolute Gasteiger partial charge is 0.504 e. The third-order valence-corrected chi connectivity index (χ3v) is 10.8. The minimum absolute atomic E-state index is 0.0155. The molecule has 0 heterocycles. The Bertz CT molecular complexity index is 1670. The van der Waals surface area contributed by atoms with Gasteiger partial charge in [0.25, 0.3) is 0 Å². The van der Waals surface area contributed by atoms with Gasteiger partial charge in [0.1, 0.15) is 11.8 Å². The summed E-state index contributed by atoms with van der Waals surface area (Å²) in [5, 5.41) is 31.5. The number of fused-ring (bicyclic) bond motifs is 5. The maximum atomic E-state index is 17.5. The standard InChI is InChI=1S/C35H34FNO8/c1-32-14-12-23(38)19-22(32)9-10-26-25-13-15-34(31(42)43-17-16-37,33(25,2)20-29(40)35(26,32)36)45-30(41)21-8-11-28(27(39)18-21)44-24-6-4-3-5-7-24/h3-8,11-12,14,18-19,25-26,29,39-40H,9-10,13,15,17,20H2,1-2H3. The first-order chi connectivity index (χ1) is 21.4. The summed E-state index contributed by atoms with van der Waals surface area (Å²) in [6.45, 7) is 2.81. The zero-order chi connectivity index (χ0) is 32.2. The summed E-state index contributed by atoms with van der Waals surface area (Å²) in [6.07, 6.45) is 3.55. The van der Waals surface area contributed by atoms with Crippen LogP contribution in [0.4, 0.5) is 4.39 Å². The van der Waals surface area contributed by atoms with Crippen molar-refractivity contribution in [2.45, 2.75) is 63.3 Å². The highest BCUT2D eigenvalue weighted by Gasteiger charge is 2.76. The Balaban J connectivity index is 1.34.